The number of ether oxygens (including phenoxy) is 4. The zero-order chi connectivity index (χ0) is 23.8. The summed E-state index contributed by atoms with van der Waals surface area (Å²) >= 11 is 0.772. The maximum Gasteiger partial charge on any atom is 0.326 e. The van der Waals surface area contributed by atoms with Crippen LogP contribution in [0, 0.1) is 0 Å². The van der Waals surface area contributed by atoms with Gasteiger partial charge in [0.1, 0.15) is 25.5 Å². The van der Waals surface area contributed by atoms with Gasteiger partial charge in [-0.3, -0.25) is 19.3 Å². The third-order valence-electron chi connectivity index (χ3n) is 4.37. The molecule has 0 saturated carbocycles. The average molecular weight is 472 g/mol. The number of benzene rings is 2. The van der Waals surface area contributed by atoms with E-state index in [1.54, 1.807) is 38.1 Å². The van der Waals surface area contributed by atoms with E-state index < -0.39 is 23.7 Å². The van der Waals surface area contributed by atoms with E-state index in [-0.39, 0.29) is 11.0 Å². The predicted molar refractivity (Wildman–Crippen MR) is 124 cm³/mol. The molecule has 1 aliphatic heterocycles. The van der Waals surface area contributed by atoms with E-state index in [0.717, 1.165) is 22.4 Å². The summed E-state index contributed by atoms with van der Waals surface area (Å²) in [5, 5.41) is -0.516. The van der Waals surface area contributed by atoms with Gasteiger partial charge in [0.15, 0.2) is 11.5 Å². The molecule has 9 heteroatoms. The number of amides is 2. The summed E-state index contributed by atoms with van der Waals surface area (Å²) in [6, 6.07) is 14.6. The van der Waals surface area contributed by atoms with Gasteiger partial charge in [0, 0.05) is 0 Å². The molecule has 1 fully saturated rings. The molecule has 1 heterocycles. The minimum absolute atomic E-state index is 0.212. The number of nitrogens with zero attached hydrogens (tertiary/aromatic N) is 1. The number of rotatable bonds is 10. The number of thioether (sulfide) groups is 1. The van der Waals surface area contributed by atoms with Gasteiger partial charge >= 0.3 is 5.97 Å². The van der Waals surface area contributed by atoms with E-state index in [4.69, 9.17) is 18.9 Å². The highest BCUT2D eigenvalue weighted by Gasteiger charge is 2.36. The molecule has 33 heavy (non-hydrogen) atoms. The molecule has 0 N–H and O–H groups in total. The van der Waals surface area contributed by atoms with Gasteiger partial charge in [-0.25, -0.2) is 0 Å². The van der Waals surface area contributed by atoms with E-state index in [2.05, 4.69) is 0 Å². The second kappa shape index (κ2) is 11.4. The summed E-state index contributed by atoms with van der Waals surface area (Å²) in [5.74, 6) is 0.588. The summed E-state index contributed by atoms with van der Waals surface area (Å²) in [7, 11) is 1.51. The van der Waals surface area contributed by atoms with E-state index >= 15 is 0 Å². The van der Waals surface area contributed by atoms with Crippen LogP contribution >= 0.6 is 11.8 Å². The normalized spacial score (nSPS) is 14.7. The highest BCUT2D eigenvalue weighted by Crippen LogP contribution is 2.34. The van der Waals surface area contributed by atoms with Crippen LogP contribution in [0.4, 0.5) is 4.79 Å². The average Bonchev–Trinajstić information content (AvgIpc) is 3.04. The van der Waals surface area contributed by atoms with Crippen molar-refractivity contribution in [1.82, 2.24) is 4.90 Å². The van der Waals surface area contributed by atoms with E-state index in [9.17, 15) is 14.4 Å². The molecule has 0 aromatic heterocycles. The van der Waals surface area contributed by atoms with Gasteiger partial charge in [0.2, 0.25) is 0 Å². The number of imide groups is 1. The molecule has 2 aromatic carbocycles. The molecule has 0 aliphatic carbocycles. The van der Waals surface area contributed by atoms with Crippen molar-refractivity contribution in [3.8, 4) is 17.2 Å². The van der Waals surface area contributed by atoms with Crippen molar-refractivity contribution in [1.29, 1.82) is 0 Å². The Morgan fingerprint density at radius 1 is 1.03 bits per heavy atom. The molecule has 8 nitrogen and oxygen atoms in total. The summed E-state index contributed by atoms with van der Waals surface area (Å²) in [5.41, 5.74) is 0.648. The summed E-state index contributed by atoms with van der Waals surface area (Å²) in [6.45, 7) is 3.66. The van der Waals surface area contributed by atoms with Crippen LogP contribution in [0.1, 0.15) is 19.4 Å². The van der Waals surface area contributed by atoms with Crippen molar-refractivity contribution in [2.75, 3.05) is 26.9 Å². The van der Waals surface area contributed by atoms with Gasteiger partial charge < -0.3 is 18.9 Å². The first-order valence-corrected chi connectivity index (χ1v) is 11.1. The van der Waals surface area contributed by atoms with Crippen LogP contribution in [-0.4, -0.2) is 55.0 Å². The lowest BCUT2D eigenvalue weighted by atomic mass is 10.2. The third-order valence-corrected chi connectivity index (χ3v) is 5.27. The fourth-order valence-electron chi connectivity index (χ4n) is 2.94. The lowest BCUT2D eigenvalue weighted by Crippen LogP contribution is -2.35. The van der Waals surface area contributed by atoms with E-state index in [1.807, 2.05) is 30.3 Å². The standard InChI is InChI=1S/C24H25NO7S/c1-16(2)32-22(26)15-25-23(27)21(33-24(25)28)14-17-9-10-19(20(13-17)29-3)31-12-11-30-18-7-5-4-6-8-18/h4-10,13-14,16H,11-12,15H2,1-3H3/b21-14-. The monoisotopic (exact) mass is 471 g/mol. The number of carbonyl (C=O) groups excluding carboxylic acids is 3. The molecule has 2 amide bonds. The van der Waals surface area contributed by atoms with Crippen molar-refractivity contribution in [2.24, 2.45) is 0 Å². The highest BCUT2D eigenvalue weighted by atomic mass is 32.2. The molecular formula is C24H25NO7S. The predicted octanol–water partition coefficient (Wildman–Crippen LogP) is 4.14. The van der Waals surface area contributed by atoms with Gasteiger partial charge in [-0.15, -0.1) is 0 Å². The number of hydrogen-bond donors (Lipinski definition) is 0. The van der Waals surface area contributed by atoms with Crippen molar-refractivity contribution in [3.05, 3.63) is 59.0 Å². The lowest BCUT2D eigenvalue weighted by molar-refractivity contribution is -0.149. The smallest absolute Gasteiger partial charge is 0.326 e. The molecule has 0 bridgehead atoms. The van der Waals surface area contributed by atoms with Crippen LogP contribution in [0.5, 0.6) is 17.2 Å². The molecule has 2 aromatic rings. The molecule has 1 saturated heterocycles. The van der Waals surface area contributed by atoms with Crippen LogP contribution in [0.3, 0.4) is 0 Å². The molecule has 0 atom stereocenters. The van der Waals surface area contributed by atoms with Gasteiger partial charge in [-0.05, 0) is 61.5 Å². The molecule has 174 valence electrons. The first kappa shape index (κ1) is 24.2. The zero-order valence-electron chi connectivity index (χ0n) is 18.6. The van der Waals surface area contributed by atoms with Crippen LogP contribution < -0.4 is 14.2 Å². The Bertz CT molecular complexity index is 1040. The minimum Gasteiger partial charge on any atom is -0.493 e. The summed E-state index contributed by atoms with van der Waals surface area (Å²) in [4.78, 5) is 37.7. The minimum atomic E-state index is -0.632. The van der Waals surface area contributed by atoms with E-state index in [1.165, 1.54) is 7.11 Å². The Labute approximate surface area is 196 Å². The lowest BCUT2D eigenvalue weighted by Gasteiger charge is -2.13. The Morgan fingerprint density at radius 2 is 1.76 bits per heavy atom. The molecular weight excluding hydrogens is 446 g/mol. The van der Waals surface area contributed by atoms with Crippen molar-refractivity contribution >= 4 is 35.0 Å². The Kier molecular flexibility index (Phi) is 8.37. The second-order valence-corrected chi connectivity index (χ2v) is 8.22. The molecule has 3 rings (SSSR count). The third kappa shape index (κ3) is 6.76. The van der Waals surface area contributed by atoms with Crippen LogP contribution in [0.2, 0.25) is 0 Å². The van der Waals surface area contributed by atoms with Gasteiger partial charge in [-0.2, -0.15) is 0 Å². The number of para-hydroxylation sites is 1. The van der Waals surface area contributed by atoms with Gasteiger partial charge in [-0.1, -0.05) is 24.3 Å². The Hall–Kier alpha value is -3.46. The number of esters is 1. The highest BCUT2D eigenvalue weighted by molar-refractivity contribution is 8.18. The first-order valence-electron chi connectivity index (χ1n) is 10.3. The number of carbonyl (C=O) groups is 3. The quantitative estimate of drug-likeness (QED) is 0.290. The maximum atomic E-state index is 12.6. The largest absolute Gasteiger partial charge is 0.493 e. The van der Waals surface area contributed by atoms with Gasteiger partial charge in [0.05, 0.1) is 18.1 Å². The Balaban J connectivity index is 1.62. The number of methoxy groups -OCH3 is 1. The summed E-state index contributed by atoms with van der Waals surface area (Å²) in [6.07, 6.45) is 1.25. The van der Waals surface area contributed by atoms with E-state index in [0.29, 0.717) is 30.3 Å². The molecule has 0 unspecified atom stereocenters. The SMILES string of the molecule is COc1cc(/C=C2\SC(=O)N(CC(=O)OC(C)C)C2=O)ccc1OCCOc1ccccc1. The van der Waals surface area contributed by atoms with Crippen LogP contribution in [-0.2, 0) is 14.3 Å². The molecule has 0 spiro atoms. The zero-order valence-corrected chi connectivity index (χ0v) is 19.4. The first-order chi connectivity index (χ1) is 15.9. The maximum absolute atomic E-state index is 12.6. The van der Waals surface area contributed by atoms with Crippen molar-refractivity contribution in [2.45, 2.75) is 20.0 Å². The fourth-order valence-corrected chi connectivity index (χ4v) is 3.78. The van der Waals surface area contributed by atoms with Crippen LogP contribution in [0.15, 0.2) is 53.4 Å². The Morgan fingerprint density at radius 3 is 2.45 bits per heavy atom. The molecule has 0 radical (unpaired) electrons. The second-order valence-electron chi connectivity index (χ2n) is 7.23. The topological polar surface area (TPSA) is 91.4 Å². The van der Waals surface area contributed by atoms with Crippen LogP contribution in [0.25, 0.3) is 6.08 Å². The number of hydrogen-bond acceptors (Lipinski definition) is 8. The van der Waals surface area contributed by atoms with Crippen molar-refractivity contribution in [3.63, 3.8) is 0 Å². The van der Waals surface area contributed by atoms with Gasteiger partial charge in [0.25, 0.3) is 11.1 Å². The molecule has 1 aliphatic rings. The summed E-state index contributed by atoms with van der Waals surface area (Å²) < 4.78 is 21.8. The van der Waals surface area contributed by atoms with Crippen molar-refractivity contribution < 1.29 is 33.3 Å². The fraction of sp³-hybridized carbons (Fsp3) is 0.292.